The quantitative estimate of drug-likeness (QED) is 0.879. The molecule has 2 N–H and O–H groups in total. The minimum Gasteiger partial charge on any atom is -0.475 e. The van der Waals surface area contributed by atoms with Crippen molar-refractivity contribution in [2.45, 2.75) is 25.1 Å². The molecule has 112 valence electrons. The molecule has 0 atom stereocenters. The van der Waals surface area contributed by atoms with Crippen molar-refractivity contribution >= 4 is 11.7 Å². The van der Waals surface area contributed by atoms with Crippen molar-refractivity contribution in [3.05, 3.63) is 30.3 Å². The highest BCUT2D eigenvalue weighted by molar-refractivity contribution is 5.73. The maximum atomic E-state index is 10.6. The van der Waals surface area contributed by atoms with Crippen molar-refractivity contribution < 1.29 is 27.8 Å². The number of carboxylic acids is 1. The molecule has 0 aromatic heterocycles. The van der Waals surface area contributed by atoms with Gasteiger partial charge in [-0.05, 0) is 25.0 Å². The summed E-state index contributed by atoms with van der Waals surface area (Å²) < 4.78 is 37.0. The Morgan fingerprint density at radius 2 is 1.70 bits per heavy atom. The van der Waals surface area contributed by atoms with E-state index in [1.165, 1.54) is 5.69 Å². The monoisotopic (exact) mass is 291 g/mol. The molecule has 2 rings (SSSR count). The molecule has 0 aliphatic carbocycles. The van der Waals surface area contributed by atoms with Gasteiger partial charge in [0.1, 0.15) is 0 Å². The van der Waals surface area contributed by atoms with E-state index in [1.54, 1.807) is 0 Å². The van der Waals surface area contributed by atoms with Crippen LogP contribution in [0.1, 0.15) is 12.8 Å². The zero-order valence-electron chi connectivity index (χ0n) is 10.7. The zero-order valence-corrected chi connectivity index (χ0v) is 10.7. The first-order valence-corrected chi connectivity index (χ1v) is 6.09. The van der Waals surface area contributed by atoms with Gasteiger partial charge in [-0.25, -0.2) is 4.79 Å². The summed E-state index contributed by atoms with van der Waals surface area (Å²) in [5, 5.41) is 10.6. The van der Waals surface area contributed by atoms with E-state index in [9.17, 15) is 13.2 Å². The first kappa shape index (κ1) is 16.3. The number of aliphatic carboxylic acids is 1. The number of rotatable bonds is 2. The van der Waals surface area contributed by atoms with Crippen LogP contribution in [0.25, 0.3) is 0 Å². The number of carboxylic acid groups (broad SMARTS) is 1. The lowest BCUT2D eigenvalue weighted by molar-refractivity contribution is -0.192. The molecule has 1 aromatic carbocycles. The maximum Gasteiger partial charge on any atom is 0.490 e. The van der Waals surface area contributed by atoms with E-state index >= 15 is 0 Å². The molecule has 1 heterocycles. The van der Waals surface area contributed by atoms with Crippen LogP contribution >= 0.6 is 0 Å². The van der Waals surface area contributed by atoms with Crippen LogP contribution in [0, 0.1) is 0 Å². The SMILES string of the molecule is O=C(O)C(F)(F)F.c1ccc(NC2CCOCC2)cc1. The lowest BCUT2D eigenvalue weighted by Gasteiger charge is -2.24. The molecule has 0 radical (unpaired) electrons. The lowest BCUT2D eigenvalue weighted by Crippen LogP contribution is -2.27. The molecular weight excluding hydrogens is 275 g/mol. The Bertz CT molecular complexity index is 403. The molecule has 1 saturated heterocycles. The number of para-hydroxylation sites is 1. The Kier molecular flexibility index (Phi) is 6.30. The van der Waals surface area contributed by atoms with Gasteiger partial charge in [0.05, 0.1) is 0 Å². The summed E-state index contributed by atoms with van der Waals surface area (Å²) in [6.45, 7) is 1.79. The summed E-state index contributed by atoms with van der Waals surface area (Å²) in [4.78, 5) is 8.90. The molecular formula is C13H16F3NO3. The van der Waals surface area contributed by atoms with E-state index in [-0.39, 0.29) is 0 Å². The summed E-state index contributed by atoms with van der Waals surface area (Å²) in [5.74, 6) is -2.76. The predicted octanol–water partition coefficient (Wildman–Crippen LogP) is 2.91. The molecule has 0 saturated carbocycles. The second-order valence-electron chi connectivity index (χ2n) is 4.20. The Morgan fingerprint density at radius 3 is 2.15 bits per heavy atom. The minimum absolute atomic E-state index is 0.594. The Labute approximate surface area is 114 Å². The van der Waals surface area contributed by atoms with Crippen LogP contribution in [-0.2, 0) is 9.53 Å². The third-order valence-corrected chi connectivity index (χ3v) is 2.61. The van der Waals surface area contributed by atoms with Crippen LogP contribution < -0.4 is 5.32 Å². The molecule has 0 unspecified atom stereocenters. The van der Waals surface area contributed by atoms with Crippen LogP contribution in [0.2, 0.25) is 0 Å². The first-order valence-electron chi connectivity index (χ1n) is 6.09. The van der Waals surface area contributed by atoms with Gasteiger partial charge in [-0.2, -0.15) is 13.2 Å². The predicted molar refractivity (Wildman–Crippen MR) is 67.6 cm³/mol. The molecule has 1 fully saturated rings. The van der Waals surface area contributed by atoms with Crippen molar-refractivity contribution in [1.29, 1.82) is 0 Å². The number of hydrogen-bond acceptors (Lipinski definition) is 3. The standard InChI is InChI=1S/C11H15NO.C2HF3O2/c1-2-4-10(5-3-1)12-11-6-8-13-9-7-11;3-2(4,5)1(6)7/h1-5,11-12H,6-9H2;(H,6,7). The van der Waals surface area contributed by atoms with Crippen molar-refractivity contribution in [3.8, 4) is 0 Å². The molecule has 4 nitrogen and oxygen atoms in total. The fraction of sp³-hybridized carbons (Fsp3) is 0.462. The van der Waals surface area contributed by atoms with Gasteiger partial charge >= 0.3 is 12.1 Å². The lowest BCUT2D eigenvalue weighted by atomic mass is 10.1. The summed E-state index contributed by atoms with van der Waals surface area (Å²) in [5.41, 5.74) is 1.22. The highest BCUT2D eigenvalue weighted by Gasteiger charge is 2.38. The van der Waals surface area contributed by atoms with Gasteiger partial charge in [0.25, 0.3) is 0 Å². The van der Waals surface area contributed by atoms with E-state index in [2.05, 4.69) is 29.6 Å². The maximum absolute atomic E-state index is 10.6. The van der Waals surface area contributed by atoms with Crippen LogP contribution in [0.3, 0.4) is 0 Å². The molecule has 0 bridgehead atoms. The normalized spacial score (nSPS) is 15.9. The molecule has 1 aliphatic heterocycles. The first-order chi connectivity index (χ1) is 9.39. The summed E-state index contributed by atoms with van der Waals surface area (Å²) in [6, 6.07) is 11.0. The highest BCUT2D eigenvalue weighted by Crippen LogP contribution is 2.14. The highest BCUT2D eigenvalue weighted by atomic mass is 19.4. The molecule has 0 amide bonds. The summed E-state index contributed by atoms with van der Waals surface area (Å²) in [7, 11) is 0. The second-order valence-corrected chi connectivity index (χ2v) is 4.20. The third-order valence-electron chi connectivity index (χ3n) is 2.61. The van der Waals surface area contributed by atoms with Gasteiger partial charge in [-0.15, -0.1) is 0 Å². The molecule has 1 aromatic rings. The smallest absolute Gasteiger partial charge is 0.475 e. The third kappa shape index (κ3) is 6.42. The average molecular weight is 291 g/mol. The van der Waals surface area contributed by atoms with Gasteiger partial charge in [0.2, 0.25) is 0 Å². The van der Waals surface area contributed by atoms with Crippen molar-refractivity contribution in [2.24, 2.45) is 0 Å². The van der Waals surface area contributed by atoms with Gasteiger partial charge in [0.15, 0.2) is 0 Å². The number of anilines is 1. The van der Waals surface area contributed by atoms with Crippen LogP contribution in [0.5, 0.6) is 0 Å². The van der Waals surface area contributed by atoms with Crippen molar-refractivity contribution in [3.63, 3.8) is 0 Å². The summed E-state index contributed by atoms with van der Waals surface area (Å²) >= 11 is 0. The number of hydrogen-bond donors (Lipinski definition) is 2. The van der Waals surface area contributed by atoms with E-state index in [0.717, 1.165) is 26.1 Å². The average Bonchev–Trinajstić information content (AvgIpc) is 2.40. The molecule has 0 spiro atoms. The summed E-state index contributed by atoms with van der Waals surface area (Å²) in [6.07, 6.45) is -2.84. The van der Waals surface area contributed by atoms with Gasteiger partial charge in [-0.3, -0.25) is 0 Å². The Hall–Kier alpha value is -1.76. The number of halogens is 3. The second kappa shape index (κ2) is 7.74. The minimum atomic E-state index is -5.08. The fourth-order valence-electron chi connectivity index (χ4n) is 1.61. The van der Waals surface area contributed by atoms with Crippen LogP contribution in [-0.4, -0.2) is 36.5 Å². The van der Waals surface area contributed by atoms with Crippen LogP contribution in [0.4, 0.5) is 18.9 Å². The van der Waals surface area contributed by atoms with E-state index in [0.29, 0.717) is 6.04 Å². The van der Waals surface area contributed by atoms with E-state index < -0.39 is 12.1 Å². The largest absolute Gasteiger partial charge is 0.490 e. The van der Waals surface area contributed by atoms with Crippen molar-refractivity contribution in [2.75, 3.05) is 18.5 Å². The molecule has 7 heteroatoms. The zero-order chi connectivity index (χ0) is 15.0. The number of alkyl halides is 3. The number of carbonyl (C=O) groups is 1. The van der Waals surface area contributed by atoms with Gasteiger partial charge in [-0.1, -0.05) is 18.2 Å². The topological polar surface area (TPSA) is 58.6 Å². The van der Waals surface area contributed by atoms with E-state index in [4.69, 9.17) is 14.6 Å². The fourth-order valence-corrected chi connectivity index (χ4v) is 1.61. The van der Waals surface area contributed by atoms with Crippen LogP contribution in [0.15, 0.2) is 30.3 Å². The molecule has 20 heavy (non-hydrogen) atoms. The number of ether oxygens (including phenoxy) is 1. The number of benzene rings is 1. The van der Waals surface area contributed by atoms with Gasteiger partial charge in [0, 0.05) is 24.9 Å². The Morgan fingerprint density at radius 1 is 1.20 bits per heavy atom. The van der Waals surface area contributed by atoms with Gasteiger partial charge < -0.3 is 15.2 Å². The van der Waals surface area contributed by atoms with Crippen molar-refractivity contribution in [1.82, 2.24) is 0 Å². The number of nitrogens with one attached hydrogen (secondary N) is 1. The van der Waals surface area contributed by atoms with E-state index in [1.807, 2.05) is 6.07 Å². The molecule has 1 aliphatic rings. The Balaban J connectivity index is 0.000000246.